The van der Waals surface area contributed by atoms with Crippen LogP contribution in [-0.4, -0.2) is 60.0 Å². The summed E-state index contributed by atoms with van der Waals surface area (Å²) in [5, 5.41) is 9.17. The topological polar surface area (TPSA) is 135 Å². The van der Waals surface area contributed by atoms with Gasteiger partial charge in [-0.2, -0.15) is 0 Å². The third-order valence-electron chi connectivity index (χ3n) is 6.08. The van der Waals surface area contributed by atoms with Gasteiger partial charge in [0.05, 0.1) is 4.90 Å². The van der Waals surface area contributed by atoms with E-state index in [-0.39, 0.29) is 22.9 Å². The number of rotatable bonds is 4. The fraction of sp³-hybridized carbons (Fsp3) is 0.429. The average Bonchev–Trinajstić information content (AvgIpc) is 3.25. The number of hydrogen-bond donors (Lipinski definition) is 4. The van der Waals surface area contributed by atoms with Crippen molar-refractivity contribution < 1.29 is 18.3 Å². The molecule has 4 N–H and O–H groups in total. The minimum absolute atomic E-state index is 0.0268. The van der Waals surface area contributed by atoms with Gasteiger partial charge in [0.1, 0.15) is 5.52 Å². The second kappa shape index (κ2) is 8.45. The number of aromatic nitrogens is 2. The Balaban J connectivity index is 0.000000418. The number of aromatic amines is 2. The van der Waals surface area contributed by atoms with Gasteiger partial charge in [0.25, 0.3) is 5.56 Å². The first kappa shape index (κ1) is 21.5. The summed E-state index contributed by atoms with van der Waals surface area (Å²) in [5.41, 5.74) is 0.875. The quantitative estimate of drug-likeness (QED) is 0.483. The van der Waals surface area contributed by atoms with Crippen molar-refractivity contribution >= 4 is 37.8 Å². The second-order valence-corrected chi connectivity index (χ2v) is 9.75. The molecule has 0 saturated carbocycles. The number of carboxylic acids is 1. The van der Waals surface area contributed by atoms with Crippen LogP contribution in [0.25, 0.3) is 21.8 Å². The Labute approximate surface area is 179 Å². The molecule has 10 heteroatoms. The van der Waals surface area contributed by atoms with Gasteiger partial charge in [0, 0.05) is 41.5 Å². The van der Waals surface area contributed by atoms with E-state index in [1.54, 1.807) is 37.4 Å². The maximum Gasteiger partial charge on any atom is 0.303 e. The van der Waals surface area contributed by atoms with Crippen molar-refractivity contribution in [2.75, 3.05) is 19.6 Å². The van der Waals surface area contributed by atoms with Crippen molar-refractivity contribution in [1.82, 2.24) is 19.6 Å². The number of hydrogen-bond acceptors (Lipinski definition) is 5. The predicted molar refractivity (Wildman–Crippen MR) is 118 cm³/mol. The van der Waals surface area contributed by atoms with Crippen molar-refractivity contribution in [1.29, 1.82) is 0 Å². The number of carboxylic acid groups (broad SMARTS) is 1. The Kier molecular flexibility index (Phi) is 5.87. The summed E-state index contributed by atoms with van der Waals surface area (Å²) in [6.45, 7) is 4.52. The minimum atomic E-state index is -3.61. The lowest BCUT2D eigenvalue weighted by Gasteiger charge is -2.44. The van der Waals surface area contributed by atoms with Gasteiger partial charge in [0.2, 0.25) is 10.0 Å². The molecule has 3 aliphatic heterocycles. The zero-order valence-corrected chi connectivity index (χ0v) is 18.0. The molecule has 0 aliphatic carbocycles. The number of aliphatic carboxylic acids is 1. The van der Waals surface area contributed by atoms with E-state index < -0.39 is 16.0 Å². The van der Waals surface area contributed by atoms with Crippen molar-refractivity contribution in [3.8, 4) is 0 Å². The molecule has 31 heavy (non-hydrogen) atoms. The molecule has 3 fully saturated rings. The van der Waals surface area contributed by atoms with E-state index in [4.69, 9.17) is 5.11 Å². The van der Waals surface area contributed by atoms with Crippen LogP contribution in [0.2, 0.25) is 0 Å². The molecule has 1 unspecified atom stereocenters. The third-order valence-corrected chi connectivity index (χ3v) is 7.57. The van der Waals surface area contributed by atoms with Gasteiger partial charge in [-0.15, -0.1) is 0 Å². The van der Waals surface area contributed by atoms with Crippen molar-refractivity contribution in [3.05, 3.63) is 40.8 Å². The lowest BCUT2D eigenvalue weighted by molar-refractivity contribution is -0.136. The molecule has 2 bridgehead atoms. The molecular formula is C21H26N4O5S. The maximum atomic E-state index is 13.0. The van der Waals surface area contributed by atoms with Gasteiger partial charge >= 0.3 is 5.97 Å². The number of pyridine rings is 1. The molecule has 3 aliphatic rings. The van der Waals surface area contributed by atoms with Crippen molar-refractivity contribution in [3.63, 3.8) is 0 Å². The molecule has 0 radical (unpaired) electrons. The summed E-state index contributed by atoms with van der Waals surface area (Å²) >= 11 is 0. The number of nitrogens with one attached hydrogen (secondary N) is 3. The Morgan fingerprint density at radius 3 is 2.55 bits per heavy atom. The highest BCUT2D eigenvalue weighted by atomic mass is 32.2. The zero-order chi connectivity index (χ0) is 22.2. The van der Waals surface area contributed by atoms with E-state index in [1.807, 2.05) is 0 Å². The van der Waals surface area contributed by atoms with Crippen LogP contribution in [-0.2, 0) is 14.8 Å². The molecule has 2 aromatic heterocycles. The zero-order valence-electron chi connectivity index (χ0n) is 17.2. The van der Waals surface area contributed by atoms with Crippen LogP contribution in [0.3, 0.4) is 0 Å². The van der Waals surface area contributed by atoms with Crippen molar-refractivity contribution in [2.45, 2.75) is 37.1 Å². The van der Waals surface area contributed by atoms with Crippen LogP contribution in [0.15, 0.2) is 40.2 Å². The standard InChI is InChI=1S/C18H20N4O3S.C3H6O2/c23-18-17-13(3-6-19-17)14-9-12(1-2-15(14)20-18)26(24,25)21-16-10-22-7-4-11(16)5-8-22;1-2-3(4)5/h1-3,6,9,11,16,19,21H,4-5,7-8,10H2,(H,20,23);2H2,1H3,(H,4,5). The largest absolute Gasteiger partial charge is 0.481 e. The molecule has 3 aromatic rings. The number of sulfonamides is 1. The molecule has 0 spiro atoms. The highest BCUT2D eigenvalue weighted by molar-refractivity contribution is 7.89. The molecule has 166 valence electrons. The molecular weight excluding hydrogens is 420 g/mol. The summed E-state index contributed by atoms with van der Waals surface area (Å²) in [7, 11) is -3.61. The number of nitrogens with zero attached hydrogens (tertiary/aromatic N) is 1. The fourth-order valence-corrected chi connectivity index (χ4v) is 5.68. The number of carbonyl (C=O) groups is 1. The van der Waals surface area contributed by atoms with E-state index >= 15 is 0 Å². The summed E-state index contributed by atoms with van der Waals surface area (Å²) in [4.78, 5) is 29.7. The number of benzene rings is 1. The van der Waals surface area contributed by atoms with E-state index in [1.165, 1.54) is 0 Å². The smallest absolute Gasteiger partial charge is 0.303 e. The lowest BCUT2D eigenvalue weighted by atomic mass is 9.85. The number of fused-ring (bicyclic) bond motifs is 6. The number of H-pyrrole nitrogens is 2. The van der Waals surface area contributed by atoms with Crippen LogP contribution in [0, 0.1) is 5.92 Å². The first-order valence-corrected chi connectivity index (χ1v) is 11.9. The molecule has 1 atom stereocenters. The van der Waals surface area contributed by atoms with E-state index in [0.717, 1.165) is 43.2 Å². The molecule has 3 saturated heterocycles. The van der Waals surface area contributed by atoms with E-state index in [2.05, 4.69) is 19.6 Å². The molecule has 5 heterocycles. The van der Waals surface area contributed by atoms with Gasteiger partial charge in [-0.25, -0.2) is 13.1 Å². The van der Waals surface area contributed by atoms with Crippen LogP contribution < -0.4 is 10.3 Å². The third kappa shape index (κ3) is 4.36. The predicted octanol–water partition coefficient (Wildman–Crippen LogP) is 1.86. The minimum Gasteiger partial charge on any atom is -0.481 e. The van der Waals surface area contributed by atoms with Gasteiger partial charge < -0.3 is 20.0 Å². The summed E-state index contributed by atoms with van der Waals surface area (Å²) < 4.78 is 28.8. The first-order valence-electron chi connectivity index (χ1n) is 10.4. The molecule has 1 aromatic carbocycles. The normalized spacial score (nSPS) is 22.9. The Morgan fingerprint density at radius 2 is 1.94 bits per heavy atom. The monoisotopic (exact) mass is 446 g/mol. The summed E-state index contributed by atoms with van der Waals surface area (Å²) in [6.07, 6.45) is 4.01. The van der Waals surface area contributed by atoms with Crippen LogP contribution in [0.5, 0.6) is 0 Å². The van der Waals surface area contributed by atoms with E-state index in [9.17, 15) is 18.0 Å². The van der Waals surface area contributed by atoms with E-state index in [0.29, 0.717) is 17.0 Å². The van der Waals surface area contributed by atoms with Gasteiger partial charge in [0.15, 0.2) is 0 Å². The Bertz CT molecular complexity index is 1270. The van der Waals surface area contributed by atoms with Gasteiger partial charge in [-0.3, -0.25) is 9.59 Å². The molecule has 0 amide bonds. The summed E-state index contributed by atoms with van der Waals surface area (Å²) in [6, 6.07) is 6.63. The average molecular weight is 447 g/mol. The van der Waals surface area contributed by atoms with Crippen LogP contribution in [0.1, 0.15) is 26.2 Å². The van der Waals surface area contributed by atoms with Crippen LogP contribution in [0.4, 0.5) is 0 Å². The van der Waals surface area contributed by atoms with Gasteiger partial charge in [-0.05, 0) is 56.1 Å². The Morgan fingerprint density at radius 1 is 1.23 bits per heavy atom. The van der Waals surface area contributed by atoms with Crippen molar-refractivity contribution in [2.24, 2.45) is 5.92 Å². The van der Waals surface area contributed by atoms with Gasteiger partial charge in [-0.1, -0.05) is 6.92 Å². The first-order chi connectivity index (χ1) is 14.8. The maximum absolute atomic E-state index is 13.0. The summed E-state index contributed by atoms with van der Waals surface area (Å²) in [5.74, 6) is -0.326. The second-order valence-electron chi connectivity index (χ2n) is 8.04. The lowest BCUT2D eigenvalue weighted by Crippen LogP contribution is -2.57. The highest BCUT2D eigenvalue weighted by Gasteiger charge is 2.36. The molecule has 6 rings (SSSR count). The van der Waals surface area contributed by atoms with Crippen LogP contribution >= 0.6 is 0 Å². The highest BCUT2D eigenvalue weighted by Crippen LogP contribution is 2.29. The SMILES string of the molecule is CCC(=O)O.O=c1[nH]c2ccc(S(=O)(=O)NC3CN4CCC3CC4)cc2c2cc[nH]c12. The Hall–Kier alpha value is -2.69. The number of piperidine rings is 3. The fourth-order valence-electron chi connectivity index (χ4n) is 4.35. The molecule has 9 nitrogen and oxygen atoms in total.